The first-order valence-electron chi connectivity index (χ1n) is 9.99. The van der Waals surface area contributed by atoms with Crippen molar-refractivity contribution in [3.05, 3.63) is 59.4 Å². The Morgan fingerprint density at radius 2 is 1.81 bits per heavy atom. The second-order valence-corrected chi connectivity index (χ2v) is 8.97. The molecule has 2 heterocycles. The van der Waals surface area contributed by atoms with Crippen molar-refractivity contribution in [2.75, 3.05) is 20.6 Å². The largest absolute Gasteiger partial charge is 0.348 e. The minimum Gasteiger partial charge on any atom is -0.348 e. The Morgan fingerprint density at radius 3 is 2.41 bits per heavy atom. The zero-order valence-electron chi connectivity index (χ0n) is 17.4. The van der Waals surface area contributed by atoms with Crippen LogP contribution in [0, 0.1) is 0 Å². The Hall–Kier alpha value is -2.07. The molecule has 146 valence electrons. The first-order chi connectivity index (χ1) is 12.8. The molecule has 0 aliphatic carbocycles. The number of piperidine rings is 1. The second kappa shape index (κ2) is 7.89. The van der Waals surface area contributed by atoms with E-state index in [0.29, 0.717) is 0 Å². The van der Waals surface area contributed by atoms with Gasteiger partial charge in [0.25, 0.3) is 5.91 Å². The summed E-state index contributed by atoms with van der Waals surface area (Å²) in [5.41, 5.74) is 3.34. The third-order valence-corrected chi connectivity index (χ3v) is 5.34. The Kier molecular flexibility index (Phi) is 5.75. The monoisotopic (exact) mass is 367 g/mol. The number of carbonyl (C=O) groups is 1. The van der Waals surface area contributed by atoms with Crippen molar-refractivity contribution in [3.8, 4) is 0 Å². The van der Waals surface area contributed by atoms with Crippen LogP contribution in [-0.4, -0.2) is 40.9 Å². The van der Waals surface area contributed by atoms with Crippen molar-refractivity contribution < 1.29 is 4.79 Å². The van der Waals surface area contributed by atoms with Crippen LogP contribution in [0.2, 0.25) is 0 Å². The van der Waals surface area contributed by atoms with E-state index in [4.69, 9.17) is 0 Å². The SMILES string of the molecule is CN(C)Cc1ccc([C@H]2CCCCN2C(=O)c2ccn(C(C)(C)C)c2)cc1. The summed E-state index contributed by atoms with van der Waals surface area (Å²) in [6.07, 6.45) is 7.31. The first kappa shape index (κ1) is 19.7. The Balaban J connectivity index is 1.80. The molecule has 27 heavy (non-hydrogen) atoms. The van der Waals surface area contributed by atoms with Gasteiger partial charge in [0.05, 0.1) is 11.6 Å². The van der Waals surface area contributed by atoms with Crippen molar-refractivity contribution in [3.63, 3.8) is 0 Å². The Bertz CT molecular complexity index is 768. The topological polar surface area (TPSA) is 28.5 Å². The van der Waals surface area contributed by atoms with E-state index in [1.807, 2.05) is 18.5 Å². The minimum absolute atomic E-state index is 0.0118. The van der Waals surface area contributed by atoms with Crippen molar-refractivity contribution in [1.29, 1.82) is 0 Å². The molecule has 4 heteroatoms. The molecule has 1 aliphatic heterocycles. The molecule has 1 saturated heterocycles. The van der Waals surface area contributed by atoms with Crippen LogP contribution in [0.4, 0.5) is 0 Å². The first-order valence-corrected chi connectivity index (χ1v) is 9.99. The number of amides is 1. The molecule has 2 aromatic rings. The summed E-state index contributed by atoms with van der Waals surface area (Å²) in [6.45, 7) is 8.23. The van der Waals surface area contributed by atoms with Gasteiger partial charge < -0.3 is 14.4 Å². The van der Waals surface area contributed by atoms with Gasteiger partial charge in [-0.2, -0.15) is 0 Å². The van der Waals surface area contributed by atoms with E-state index < -0.39 is 0 Å². The third-order valence-electron chi connectivity index (χ3n) is 5.34. The number of rotatable bonds is 4. The third kappa shape index (κ3) is 4.62. The molecule has 3 rings (SSSR count). The molecule has 0 bridgehead atoms. The summed E-state index contributed by atoms with van der Waals surface area (Å²) in [4.78, 5) is 17.5. The molecule has 0 radical (unpaired) electrons. The standard InChI is InChI=1S/C23H33N3O/c1-23(2,3)25-15-13-20(17-25)22(27)26-14-7-6-8-21(26)19-11-9-18(10-12-19)16-24(4)5/h9-13,15,17,21H,6-8,14,16H2,1-5H3/t21-/m1/s1. The molecule has 0 N–H and O–H groups in total. The van der Waals surface area contributed by atoms with E-state index >= 15 is 0 Å². The van der Waals surface area contributed by atoms with Crippen LogP contribution in [0.5, 0.6) is 0 Å². The van der Waals surface area contributed by atoms with E-state index in [-0.39, 0.29) is 17.5 Å². The highest BCUT2D eigenvalue weighted by atomic mass is 16.2. The number of hydrogen-bond acceptors (Lipinski definition) is 2. The van der Waals surface area contributed by atoms with E-state index in [9.17, 15) is 4.79 Å². The molecule has 1 atom stereocenters. The summed E-state index contributed by atoms with van der Waals surface area (Å²) >= 11 is 0. The van der Waals surface area contributed by atoms with Gasteiger partial charge in [-0.1, -0.05) is 24.3 Å². The maximum atomic E-state index is 13.2. The molecule has 4 nitrogen and oxygen atoms in total. The Morgan fingerprint density at radius 1 is 1.11 bits per heavy atom. The summed E-state index contributed by atoms with van der Waals surface area (Å²) in [7, 11) is 4.17. The number of aromatic nitrogens is 1. The summed E-state index contributed by atoms with van der Waals surface area (Å²) < 4.78 is 2.12. The van der Waals surface area contributed by atoms with E-state index in [0.717, 1.165) is 31.5 Å². The molecule has 0 spiro atoms. The normalized spacial score (nSPS) is 18.1. The van der Waals surface area contributed by atoms with Crippen molar-refractivity contribution >= 4 is 5.91 Å². The quantitative estimate of drug-likeness (QED) is 0.785. The molecule has 1 aromatic heterocycles. The van der Waals surface area contributed by atoms with Gasteiger partial charge in [0.2, 0.25) is 0 Å². The zero-order valence-corrected chi connectivity index (χ0v) is 17.4. The maximum absolute atomic E-state index is 13.2. The van der Waals surface area contributed by atoms with Gasteiger partial charge in [0, 0.05) is 31.0 Å². The average Bonchev–Trinajstić information content (AvgIpc) is 3.12. The molecule has 1 fully saturated rings. The molecule has 1 aliphatic rings. The number of nitrogens with zero attached hydrogens (tertiary/aromatic N) is 3. The predicted molar refractivity (Wildman–Crippen MR) is 111 cm³/mol. The summed E-state index contributed by atoms with van der Waals surface area (Å²) in [6, 6.07) is 10.9. The van der Waals surface area contributed by atoms with Crippen LogP contribution in [0.1, 0.15) is 67.6 Å². The lowest BCUT2D eigenvalue weighted by atomic mass is 9.94. The van der Waals surface area contributed by atoms with Gasteiger partial charge in [-0.25, -0.2) is 0 Å². The fourth-order valence-corrected chi connectivity index (χ4v) is 3.84. The highest BCUT2D eigenvalue weighted by Crippen LogP contribution is 2.32. The lowest BCUT2D eigenvalue weighted by molar-refractivity contribution is 0.0611. The summed E-state index contributed by atoms with van der Waals surface area (Å²) in [5.74, 6) is 0.153. The van der Waals surface area contributed by atoms with Crippen LogP contribution in [0.3, 0.4) is 0 Å². The van der Waals surface area contributed by atoms with E-state index in [2.05, 4.69) is 73.5 Å². The van der Waals surface area contributed by atoms with Gasteiger partial charge in [0.1, 0.15) is 0 Å². The van der Waals surface area contributed by atoms with E-state index in [1.165, 1.54) is 17.5 Å². The molecular formula is C23H33N3O. The van der Waals surface area contributed by atoms with Crippen LogP contribution >= 0.6 is 0 Å². The highest BCUT2D eigenvalue weighted by Gasteiger charge is 2.29. The van der Waals surface area contributed by atoms with Gasteiger partial charge in [-0.3, -0.25) is 4.79 Å². The van der Waals surface area contributed by atoms with Crippen molar-refractivity contribution in [2.24, 2.45) is 0 Å². The van der Waals surface area contributed by atoms with Gasteiger partial charge in [-0.15, -0.1) is 0 Å². The van der Waals surface area contributed by atoms with Crippen LogP contribution < -0.4 is 0 Å². The van der Waals surface area contributed by atoms with Crippen LogP contribution in [0.25, 0.3) is 0 Å². The van der Waals surface area contributed by atoms with Gasteiger partial charge in [0.15, 0.2) is 0 Å². The molecular weight excluding hydrogens is 334 g/mol. The molecule has 1 aromatic carbocycles. The minimum atomic E-state index is -0.0118. The highest BCUT2D eigenvalue weighted by molar-refractivity contribution is 5.94. The van der Waals surface area contributed by atoms with Crippen molar-refractivity contribution in [2.45, 2.75) is 58.2 Å². The number of hydrogen-bond donors (Lipinski definition) is 0. The molecule has 0 unspecified atom stereocenters. The lowest BCUT2D eigenvalue weighted by Gasteiger charge is -2.36. The predicted octanol–water partition coefficient (Wildman–Crippen LogP) is 4.67. The fraction of sp³-hybridized carbons (Fsp3) is 0.522. The number of likely N-dealkylation sites (tertiary alicyclic amines) is 1. The molecule has 1 amide bonds. The van der Waals surface area contributed by atoms with E-state index in [1.54, 1.807) is 0 Å². The molecule has 0 saturated carbocycles. The second-order valence-electron chi connectivity index (χ2n) is 8.97. The maximum Gasteiger partial charge on any atom is 0.255 e. The lowest BCUT2D eigenvalue weighted by Crippen LogP contribution is -2.38. The zero-order chi connectivity index (χ0) is 19.6. The van der Waals surface area contributed by atoms with Gasteiger partial charge >= 0.3 is 0 Å². The Labute approximate surface area is 163 Å². The van der Waals surface area contributed by atoms with Crippen LogP contribution in [-0.2, 0) is 12.1 Å². The number of carbonyl (C=O) groups excluding carboxylic acids is 1. The van der Waals surface area contributed by atoms with Crippen LogP contribution in [0.15, 0.2) is 42.7 Å². The number of benzene rings is 1. The smallest absolute Gasteiger partial charge is 0.255 e. The fourth-order valence-electron chi connectivity index (χ4n) is 3.84. The van der Waals surface area contributed by atoms with Crippen molar-refractivity contribution in [1.82, 2.24) is 14.4 Å². The average molecular weight is 368 g/mol. The van der Waals surface area contributed by atoms with Gasteiger partial charge in [-0.05, 0) is 71.3 Å². The summed E-state index contributed by atoms with van der Waals surface area (Å²) in [5, 5.41) is 0.